The average molecular weight is 342 g/mol. The van der Waals surface area contributed by atoms with Crippen molar-refractivity contribution in [3.8, 4) is 0 Å². The van der Waals surface area contributed by atoms with Crippen molar-refractivity contribution in [2.75, 3.05) is 26.3 Å². The summed E-state index contributed by atoms with van der Waals surface area (Å²) < 4.78 is 32.0. The first-order chi connectivity index (χ1) is 11.2. The van der Waals surface area contributed by atoms with Crippen molar-refractivity contribution in [3.63, 3.8) is 0 Å². The monoisotopic (exact) mass is 341 g/mol. The SMILES string of the molecule is O=S1(=O)C2CCCCCC2(N2CCOCC2)C1C1CCCCC1. The number of hydrogen-bond donors (Lipinski definition) is 0. The van der Waals surface area contributed by atoms with Gasteiger partial charge < -0.3 is 4.74 Å². The van der Waals surface area contributed by atoms with Gasteiger partial charge in [0.15, 0.2) is 9.84 Å². The Labute approximate surface area is 140 Å². The second kappa shape index (κ2) is 6.30. The molecular formula is C18H31NO3S. The molecule has 4 fully saturated rings. The molecule has 4 rings (SSSR count). The van der Waals surface area contributed by atoms with Gasteiger partial charge in [0, 0.05) is 13.1 Å². The number of fused-ring (bicyclic) bond motifs is 1. The summed E-state index contributed by atoms with van der Waals surface area (Å²) in [6.45, 7) is 3.39. The van der Waals surface area contributed by atoms with Crippen LogP contribution in [0.25, 0.3) is 0 Å². The lowest BCUT2D eigenvalue weighted by Crippen LogP contribution is -2.79. The Kier molecular flexibility index (Phi) is 4.48. The second-order valence-electron chi connectivity index (χ2n) is 8.09. The lowest BCUT2D eigenvalue weighted by Gasteiger charge is -2.63. The molecule has 4 aliphatic rings. The van der Waals surface area contributed by atoms with Gasteiger partial charge in [-0.1, -0.05) is 38.5 Å². The number of morpholine rings is 1. The molecule has 4 nitrogen and oxygen atoms in total. The summed E-state index contributed by atoms with van der Waals surface area (Å²) in [4.78, 5) is 2.55. The first-order valence-corrected chi connectivity index (χ1v) is 11.3. The highest BCUT2D eigenvalue weighted by atomic mass is 32.2. The summed E-state index contributed by atoms with van der Waals surface area (Å²) in [6.07, 6.45) is 11.5. The molecule has 2 saturated heterocycles. The fourth-order valence-corrected chi connectivity index (χ4v) is 9.54. The molecule has 0 aromatic rings. The quantitative estimate of drug-likeness (QED) is 0.775. The van der Waals surface area contributed by atoms with Gasteiger partial charge in [0.1, 0.15) is 0 Å². The number of sulfone groups is 1. The maximum absolute atomic E-state index is 13.2. The van der Waals surface area contributed by atoms with Crippen LogP contribution in [0.1, 0.15) is 64.2 Å². The van der Waals surface area contributed by atoms with Crippen molar-refractivity contribution in [3.05, 3.63) is 0 Å². The normalized spacial score (nSPS) is 42.4. The molecule has 2 aliphatic carbocycles. The van der Waals surface area contributed by atoms with Crippen LogP contribution < -0.4 is 0 Å². The maximum atomic E-state index is 13.2. The van der Waals surface area contributed by atoms with E-state index in [1.165, 1.54) is 32.1 Å². The largest absolute Gasteiger partial charge is 0.379 e. The topological polar surface area (TPSA) is 46.6 Å². The Morgan fingerprint density at radius 1 is 0.870 bits per heavy atom. The van der Waals surface area contributed by atoms with Gasteiger partial charge in [0.2, 0.25) is 0 Å². The Morgan fingerprint density at radius 3 is 2.26 bits per heavy atom. The van der Waals surface area contributed by atoms with Crippen LogP contribution in [0.15, 0.2) is 0 Å². The molecule has 2 aliphatic heterocycles. The standard InChI is InChI=1S/C18H31NO3S/c20-23(21)16-9-5-2-6-10-18(16,19-11-13-22-14-12-19)17(23)15-7-3-1-4-8-15/h15-17H,1-14H2. The van der Waals surface area contributed by atoms with Crippen molar-refractivity contribution >= 4 is 9.84 Å². The molecule has 5 heteroatoms. The van der Waals surface area contributed by atoms with E-state index in [2.05, 4.69) is 4.90 Å². The van der Waals surface area contributed by atoms with Crippen LogP contribution in [0, 0.1) is 5.92 Å². The van der Waals surface area contributed by atoms with E-state index in [0.717, 1.165) is 58.4 Å². The summed E-state index contributed by atoms with van der Waals surface area (Å²) in [6, 6.07) is 0. The highest BCUT2D eigenvalue weighted by Crippen LogP contribution is 2.56. The first kappa shape index (κ1) is 16.3. The zero-order chi connectivity index (χ0) is 15.9. The Balaban J connectivity index is 1.71. The van der Waals surface area contributed by atoms with E-state index in [-0.39, 0.29) is 16.0 Å². The van der Waals surface area contributed by atoms with Crippen molar-refractivity contribution in [2.45, 2.75) is 80.2 Å². The molecule has 23 heavy (non-hydrogen) atoms. The van der Waals surface area contributed by atoms with E-state index in [0.29, 0.717) is 5.92 Å². The van der Waals surface area contributed by atoms with E-state index in [1.807, 2.05) is 0 Å². The van der Waals surface area contributed by atoms with Gasteiger partial charge in [-0.2, -0.15) is 0 Å². The Bertz CT molecular complexity index is 522. The van der Waals surface area contributed by atoms with Crippen LogP contribution in [0.5, 0.6) is 0 Å². The number of rotatable bonds is 2. The van der Waals surface area contributed by atoms with Crippen LogP contribution in [0.2, 0.25) is 0 Å². The van der Waals surface area contributed by atoms with Crippen LogP contribution in [-0.4, -0.2) is 55.7 Å². The minimum atomic E-state index is -2.94. The highest BCUT2D eigenvalue weighted by molar-refractivity contribution is 7.94. The molecule has 0 aromatic heterocycles. The van der Waals surface area contributed by atoms with E-state index in [9.17, 15) is 8.42 Å². The lowest BCUT2D eigenvalue weighted by atomic mass is 9.73. The van der Waals surface area contributed by atoms with Gasteiger partial charge in [0.05, 0.1) is 29.3 Å². The molecule has 0 amide bonds. The summed E-state index contributed by atoms with van der Waals surface area (Å²) in [5.41, 5.74) is -0.0544. The third-order valence-corrected chi connectivity index (χ3v) is 9.96. The molecule has 0 aromatic carbocycles. The van der Waals surface area contributed by atoms with E-state index >= 15 is 0 Å². The summed E-state index contributed by atoms with van der Waals surface area (Å²) >= 11 is 0. The van der Waals surface area contributed by atoms with E-state index in [4.69, 9.17) is 4.74 Å². The van der Waals surface area contributed by atoms with Gasteiger partial charge in [-0.25, -0.2) is 8.42 Å². The molecule has 0 spiro atoms. The van der Waals surface area contributed by atoms with Gasteiger partial charge in [0.25, 0.3) is 0 Å². The molecule has 2 heterocycles. The number of hydrogen-bond acceptors (Lipinski definition) is 4. The molecule has 3 atom stereocenters. The second-order valence-corrected chi connectivity index (χ2v) is 10.3. The first-order valence-electron chi connectivity index (χ1n) is 9.73. The smallest absolute Gasteiger partial charge is 0.160 e. The van der Waals surface area contributed by atoms with E-state index in [1.54, 1.807) is 0 Å². The summed E-state index contributed by atoms with van der Waals surface area (Å²) in [7, 11) is -2.94. The van der Waals surface area contributed by atoms with Gasteiger partial charge in [-0.05, 0) is 31.6 Å². The van der Waals surface area contributed by atoms with E-state index < -0.39 is 9.84 Å². The highest BCUT2D eigenvalue weighted by Gasteiger charge is 2.69. The van der Waals surface area contributed by atoms with Crippen LogP contribution >= 0.6 is 0 Å². The van der Waals surface area contributed by atoms with Crippen molar-refractivity contribution in [2.24, 2.45) is 5.92 Å². The number of ether oxygens (including phenoxy) is 1. The summed E-state index contributed by atoms with van der Waals surface area (Å²) in [5.74, 6) is 0.408. The predicted molar refractivity (Wildman–Crippen MR) is 91.3 cm³/mol. The van der Waals surface area contributed by atoms with Crippen LogP contribution in [0.3, 0.4) is 0 Å². The fourth-order valence-electron chi connectivity index (χ4n) is 6.12. The van der Waals surface area contributed by atoms with Gasteiger partial charge in [-0.3, -0.25) is 4.90 Å². The minimum absolute atomic E-state index is 0.0544. The predicted octanol–water partition coefficient (Wildman–Crippen LogP) is 2.77. The maximum Gasteiger partial charge on any atom is 0.160 e. The summed E-state index contributed by atoms with van der Waals surface area (Å²) in [5, 5.41) is -0.181. The van der Waals surface area contributed by atoms with Crippen molar-refractivity contribution in [1.82, 2.24) is 4.90 Å². The minimum Gasteiger partial charge on any atom is -0.379 e. The molecule has 0 bridgehead atoms. The molecule has 132 valence electrons. The molecule has 3 unspecified atom stereocenters. The average Bonchev–Trinajstić information content (AvgIpc) is 2.78. The molecule has 0 N–H and O–H groups in total. The third-order valence-electron chi connectivity index (χ3n) is 7.02. The van der Waals surface area contributed by atoms with Gasteiger partial charge in [-0.15, -0.1) is 0 Å². The molecule has 0 radical (unpaired) electrons. The number of nitrogens with zero attached hydrogens (tertiary/aromatic N) is 1. The fraction of sp³-hybridized carbons (Fsp3) is 1.00. The third kappa shape index (κ3) is 2.49. The van der Waals surface area contributed by atoms with Crippen LogP contribution in [-0.2, 0) is 14.6 Å². The van der Waals surface area contributed by atoms with Crippen molar-refractivity contribution < 1.29 is 13.2 Å². The molecular weight excluding hydrogens is 310 g/mol. The van der Waals surface area contributed by atoms with Gasteiger partial charge >= 0.3 is 0 Å². The Morgan fingerprint density at radius 2 is 1.52 bits per heavy atom. The van der Waals surface area contributed by atoms with Crippen molar-refractivity contribution in [1.29, 1.82) is 0 Å². The Hall–Kier alpha value is -0.130. The zero-order valence-corrected chi connectivity index (χ0v) is 15.0. The van der Waals surface area contributed by atoms with Crippen LogP contribution in [0.4, 0.5) is 0 Å². The zero-order valence-electron chi connectivity index (χ0n) is 14.2. The molecule has 2 saturated carbocycles. The lowest BCUT2D eigenvalue weighted by molar-refractivity contribution is -0.0477.